The number of rotatable bonds is 4. The molecule has 0 aliphatic carbocycles. The molecule has 1 aromatic carbocycles. The Morgan fingerprint density at radius 2 is 1.88 bits per heavy atom. The van der Waals surface area contributed by atoms with Crippen LogP contribution >= 0.6 is 0 Å². The molecule has 0 spiro atoms. The van der Waals surface area contributed by atoms with Gasteiger partial charge in [-0.05, 0) is 62.1 Å². The van der Waals surface area contributed by atoms with Crippen molar-refractivity contribution in [1.29, 1.82) is 0 Å². The Morgan fingerprint density at radius 1 is 1.10 bits per heavy atom. The van der Waals surface area contributed by atoms with E-state index in [0.29, 0.717) is 48.1 Å². The van der Waals surface area contributed by atoms with Crippen LogP contribution in [0.3, 0.4) is 0 Å². The summed E-state index contributed by atoms with van der Waals surface area (Å²) in [6.07, 6.45) is 3.08. The van der Waals surface area contributed by atoms with Crippen LogP contribution in [0.15, 0.2) is 58.8 Å². The van der Waals surface area contributed by atoms with Crippen molar-refractivity contribution in [1.82, 2.24) is 24.0 Å². The highest BCUT2D eigenvalue weighted by atomic mass is 16.5. The molecule has 1 atom stereocenters. The minimum Gasteiger partial charge on any atom is -0.483 e. The maximum atomic E-state index is 14.2. The number of fused-ring (bicyclic) bond motifs is 5. The second kappa shape index (κ2) is 10.3. The average Bonchev–Trinajstić information content (AvgIpc) is 2.97. The van der Waals surface area contributed by atoms with E-state index in [1.54, 1.807) is 26.3 Å². The van der Waals surface area contributed by atoms with Crippen LogP contribution in [-0.4, -0.2) is 55.6 Å². The Hall–Kier alpha value is -4.73. The quantitative estimate of drug-likeness (QED) is 0.347. The summed E-state index contributed by atoms with van der Waals surface area (Å²) in [6.45, 7) is 15.2. The fourth-order valence-corrected chi connectivity index (χ4v) is 6.23. The average molecular weight is 567 g/mol. The van der Waals surface area contributed by atoms with Crippen molar-refractivity contribution in [2.75, 3.05) is 24.5 Å². The van der Waals surface area contributed by atoms with Gasteiger partial charge in [0.1, 0.15) is 17.9 Å². The molecule has 2 aliphatic rings. The summed E-state index contributed by atoms with van der Waals surface area (Å²) >= 11 is 0. The van der Waals surface area contributed by atoms with E-state index in [4.69, 9.17) is 9.72 Å². The van der Waals surface area contributed by atoms with E-state index in [1.165, 1.54) is 12.1 Å². The van der Waals surface area contributed by atoms with Gasteiger partial charge < -0.3 is 14.5 Å². The lowest BCUT2D eigenvalue weighted by atomic mass is 10.0. The number of pyridine rings is 2. The second-order valence-electron chi connectivity index (χ2n) is 11.3. The summed E-state index contributed by atoms with van der Waals surface area (Å²) in [4.78, 5) is 52.9. The van der Waals surface area contributed by atoms with Gasteiger partial charge in [-0.2, -0.15) is 4.98 Å². The normalized spacial score (nSPS) is 16.3. The first kappa shape index (κ1) is 27.4. The number of ether oxygens (including phenoxy) is 1. The van der Waals surface area contributed by atoms with E-state index in [-0.39, 0.29) is 30.0 Å². The van der Waals surface area contributed by atoms with Crippen LogP contribution in [0.4, 0.5) is 5.82 Å². The number of hydrogen-bond acceptors (Lipinski definition) is 7. The van der Waals surface area contributed by atoms with Crippen LogP contribution in [0.2, 0.25) is 0 Å². The Labute approximate surface area is 243 Å². The Morgan fingerprint density at radius 3 is 2.60 bits per heavy atom. The highest BCUT2D eigenvalue weighted by Crippen LogP contribution is 2.42. The summed E-state index contributed by atoms with van der Waals surface area (Å²) in [5.41, 5.74) is 4.38. The fourth-order valence-electron chi connectivity index (χ4n) is 6.23. The van der Waals surface area contributed by atoms with Crippen LogP contribution in [0.1, 0.15) is 49.2 Å². The second-order valence-corrected chi connectivity index (χ2v) is 11.3. The standard InChI is InChI=1S/C32H34N6O4/c1-7-24(39)35-13-14-36(21(6)16-35)31-23-15-20(5)28-30(42-17-22-9-8-10-25(40)37(22)28)29(23)38(32(41)34-31)27-19(4)11-12-33-26(27)18(2)3/h7-12,15,18,21H,1,13-14,16-17H2,2-6H3/t21-/m0/s1. The van der Waals surface area contributed by atoms with Crippen molar-refractivity contribution in [2.24, 2.45) is 0 Å². The van der Waals surface area contributed by atoms with E-state index in [1.807, 2.05) is 52.8 Å². The number of nitrogens with zero attached hydrogens (tertiary/aromatic N) is 6. The summed E-state index contributed by atoms with van der Waals surface area (Å²) in [7, 11) is 0. The largest absolute Gasteiger partial charge is 0.483 e. The minimum atomic E-state index is -0.465. The molecule has 4 aromatic rings. The molecule has 1 saturated heterocycles. The maximum Gasteiger partial charge on any atom is 0.354 e. The van der Waals surface area contributed by atoms with Crippen LogP contribution in [-0.2, 0) is 11.4 Å². The Kier molecular flexibility index (Phi) is 6.71. The minimum absolute atomic E-state index is 0.0301. The molecule has 5 heterocycles. The molecule has 216 valence electrons. The van der Waals surface area contributed by atoms with Crippen molar-refractivity contribution in [3.05, 3.63) is 92.5 Å². The molecule has 10 heteroatoms. The van der Waals surface area contributed by atoms with Gasteiger partial charge in [-0.25, -0.2) is 4.79 Å². The number of amides is 1. The van der Waals surface area contributed by atoms with Gasteiger partial charge in [0.05, 0.1) is 22.8 Å². The number of carbonyl (C=O) groups is 1. The molecule has 0 N–H and O–H groups in total. The van der Waals surface area contributed by atoms with Crippen LogP contribution < -0.4 is 20.9 Å². The molecule has 6 rings (SSSR count). The molecular formula is C32H34N6O4. The predicted molar refractivity (Wildman–Crippen MR) is 162 cm³/mol. The topological polar surface area (TPSA) is 103 Å². The zero-order valence-electron chi connectivity index (χ0n) is 24.5. The first-order valence-electron chi connectivity index (χ1n) is 14.2. The molecule has 3 aromatic heterocycles. The van der Waals surface area contributed by atoms with E-state index in [2.05, 4.69) is 16.5 Å². The number of aromatic nitrogens is 4. The van der Waals surface area contributed by atoms with Gasteiger partial charge in [0.15, 0.2) is 5.75 Å². The molecule has 0 unspecified atom stereocenters. The van der Waals surface area contributed by atoms with Gasteiger partial charge in [-0.1, -0.05) is 26.5 Å². The first-order valence-corrected chi connectivity index (χ1v) is 14.2. The summed E-state index contributed by atoms with van der Waals surface area (Å²) in [5, 5.41) is 0.728. The van der Waals surface area contributed by atoms with Gasteiger partial charge in [0.2, 0.25) is 5.91 Å². The third-order valence-electron chi connectivity index (χ3n) is 8.21. The third-order valence-corrected chi connectivity index (χ3v) is 8.21. The summed E-state index contributed by atoms with van der Waals surface area (Å²) in [6, 6.07) is 8.88. The van der Waals surface area contributed by atoms with E-state index in [0.717, 1.165) is 27.9 Å². The monoisotopic (exact) mass is 566 g/mol. The summed E-state index contributed by atoms with van der Waals surface area (Å²) < 4.78 is 9.72. The van der Waals surface area contributed by atoms with Crippen molar-refractivity contribution in [3.63, 3.8) is 0 Å². The molecular weight excluding hydrogens is 532 g/mol. The van der Waals surface area contributed by atoms with Crippen LogP contribution in [0.25, 0.3) is 22.3 Å². The third kappa shape index (κ3) is 4.20. The number of carbonyl (C=O) groups excluding carboxylic acids is 1. The van der Waals surface area contributed by atoms with Crippen LogP contribution in [0.5, 0.6) is 5.75 Å². The zero-order valence-corrected chi connectivity index (χ0v) is 24.5. The lowest BCUT2D eigenvalue weighted by molar-refractivity contribution is -0.126. The summed E-state index contributed by atoms with van der Waals surface area (Å²) in [5.74, 6) is 0.892. The smallest absolute Gasteiger partial charge is 0.354 e. The first-order chi connectivity index (χ1) is 20.1. The maximum absolute atomic E-state index is 14.2. The van der Waals surface area contributed by atoms with Gasteiger partial charge in [0, 0.05) is 43.3 Å². The number of aryl methyl sites for hydroxylation is 2. The van der Waals surface area contributed by atoms with Crippen LogP contribution in [0, 0.1) is 13.8 Å². The number of benzene rings is 1. The van der Waals surface area contributed by atoms with E-state index < -0.39 is 5.69 Å². The lowest BCUT2D eigenvalue weighted by Gasteiger charge is -2.40. The lowest BCUT2D eigenvalue weighted by Crippen LogP contribution is -2.54. The molecule has 0 radical (unpaired) electrons. The molecule has 0 bridgehead atoms. The van der Waals surface area contributed by atoms with E-state index >= 15 is 0 Å². The van der Waals surface area contributed by atoms with Crippen molar-refractivity contribution < 1.29 is 9.53 Å². The van der Waals surface area contributed by atoms with E-state index in [9.17, 15) is 14.4 Å². The van der Waals surface area contributed by atoms with Gasteiger partial charge in [-0.15, -0.1) is 0 Å². The van der Waals surface area contributed by atoms with Gasteiger partial charge >= 0.3 is 5.69 Å². The fraction of sp³-hybridized carbons (Fsp3) is 0.344. The molecule has 0 saturated carbocycles. The zero-order chi connectivity index (χ0) is 29.9. The number of hydrogen-bond donors (Lipinski definition) is 0. The van der Waals surface area contributed by atoms with Crippen molar-refractivity contribution >= 4 is 22.6 Å². The number of piperazine rings is 1. The Bertz CT molecular complexity index is 1890. The Balaban J connectivity index is 1.71. The predicted octanol–water partition coefficient (Wildman–Crippen LogP) is 3.79. The number of anilines is 1. The van der Waals surface area contributed by atoms with Gasteiger partial charge in [-0.3, -0.25) is 23.7 Å². The van der Waals surface area contributed by atoms with Gasteiger partial charge in [0.25, 0.3) is 5.56 Å². The highest BCUT2D eigenvalue weighted by Gasteiger charge is 2.33. The van der Waals surface area contributed by atoms with Crippen molar-refractivity contribution in [2.45, 2.75) is 53.2 Å². The SMILES string of the molecule is C=CC(=O)N1CCN(c2nc(=O)n(-c3c(C)ccnc3C(C)C)c3c4c(c(C)cc23)-n2c(cccc2=O)CO4)[C@@H](C)C1. The molecule has 2 aliphatic heterocycles. The molecule has 1 amide bonds. The molecule has 10 nitrogen and oxygen atoms in total. The highest BCUT2D eigenvalue weighted by molar-refractivity contribution is 5.99. The van der Waals surface area contributed by atoms with Crippen molar-refractivity contribution in [3.8, 4) is 17.1 Å². The molecule has 1 fully saturated rings. The molecule has 42 heavy (non-hydrogen) atoms.